The van der Waals surface area contributed by atoms with Crippen LogP contribution in [0.1, 0.15) is 22.3 Å². The zero-order chi connectivity index (χ0) is 29.4. The van der Waals surface area contributed by atoms with Crippen LogP contribution >= 0.6 is 0 Å². The van der Waals surface area contributed by atoms with Gasteiger partial charge in [0.2, 0.25) is 0 Å². The summed E-state index contributed by atoms with van der Waals surface area (Å²) in [7, 11) is 0. The first kappa shape index (κ1) is 28.2. The number of ether oxygens (including phenoxy) is 1. The third-order valence-electron chi connectivity index (χ3n) is 7.66. The largest absolute Gasteiger partial charge is 0.456 e. The molecule has 214 valence electrons. The van der Waals surface area contributed by atoms with Crippen LogP contribution < -0.4 is 15.4 Å². The lowest BCUT2D eigenvalue weighted by Gasteiger charge is -2.25. The van der Waals surface area contributed by atoms with Crippen molar-refractivity contribution in [2.45, 2.75) is 25.1 Å². The number of nitrogens with one attached hydrogen (secondary N) is 2. The number of benzene rings is 5. The molecule has 5 aromatic carbocycles. The van der Waals surface area contributed by atoms with Crippen LogP contribution in [0.2, 0.25) is 0 Å². The van der Waals surface area contributed by atoms with E-state index in [0.717, 1.165) is 27.8 Å². The third kappa shape index (κ3) is 6.92. The van der Waals surface area contributed by atoms with Crippen LogP contribution in [-0.2, 0) is 17.8 Å². The fraction of sp³-hybridized carbons (Fsp3) is 0.132. The fourth-order valence-electron chi connectivity index (χ4n) is 5.41. The molecule has 1 amide bonds. The number of fused-ring (bicyclic) bond motifs is 2. The van der Waals surface area contributed by atoms with Crippen LogP contribution in [-0.4, -0.2) is 29.7 Å². The summed E-state index contributed by atoms with van der Waals surface area (Å²) in [6.07, 6.45) is 1.52. The van der Waals surface area contributed by atoms with Crippen molar-refractivity contribution in [3.05, 3.63) is 156 Å². The molecule has 2 atom stereocenters. The maximum Gasteiger partial charge on any atom is 0.252 e. The molecule has 43 heavy (non-hydrogen) atoms. The van der Waals surface area contributed by atoms with E-state index in [0.29, 0.717) is 42.1 Å². The van der Waals surface area contributed by atoms with E-state index >= 15 is 0 Å². The average Bonchev–Trinajstić information content (AvgIpc) is 3.22. The van der Waals surface area contributed by atoms with Crippen molar-refractivity contribution >= 4 is 17.6 Å². The quantitative estimate of drug-likeness (QED) is 0.172. The van der Waals surface area contributed by atoms with Crippen molar-refractivity contribution < 1.29 is 14.6 Å². The molecule has 5 nitrogen and oxygen atoms in total. The summed E-state index contributed by atoms with van der Waals surface area (Å²) < 4.78 is 6.17. The lowest BCUT2D eigenvalue weighted by atomic mass is 9.98. The second kappa shape index (κ2) is 13.3. The van der Waals surface area contributed by atoms with Crippen molar-refractivity contribution in [2.24, 2.45) is 0 Å². The van der Waals surface area contributed by atoms with Crippen LogP contribution in [0.3, 0.4) is 0 Å². The van der Waals surface area contributed by atoms with E-state index in [1.54, 1.807) is 0 Å². The maximum absolute atomic E-state index is 13.9. The first-order valence-electron chi connectivity index (χ1n) is 14.6. The molecule has 0 aromatic heterocycles. The minimum atomic E-state index is -0.827. The summed E-state index contributed by atoms with van der Waals surface area (Å²) in [5.74, 6) is 1.05. The molecule has 0 bridgehead atoms. The zero-order valence-corrected chi connectivity index (χ0v) is 23.8. The maximum atomic E-state index is 13.9. The Bertz CT molecular complexity index is 1720. The van der Waals surface area contributed by atoms with E-state index < -0.39 is 12.1 Å². The Labute approximate surface area is 252 Å². The molecular formula is C38H34N2O3. The van der Waals surface area contributed by atoms with Crippen molar-refractivity contribution in [1.29, 1.82) is 0 Å². The first-order valence-corrected chi connectivity index (χ1v) is 14.6. The van der Waals surface area contributed by atoms with Gasteiger partial charge in [-0.1, -0.05) is 115 Å². The van der Waals surface area contributed by atoms with Gasteiger partial charge in [-0.05, 0) is 52.9 Å². The highest BCUT2D eigenvalue weighted by atomic mass is 16.5. The lowest BCUT2D eigenvalue weighted by molar-refractivity contribution is -0.117. The van der Waals surface area contributed by atoms with E-state index in [2.05, 4.69) is 41.0 Å². The predicted octanol–water partition coefficient (Wildman–Crippen LogP) is 6.88. The van der Waals surface area contributed by atoms with Gasteiger partial charge in [0.15, 0.2) is 0 Å². The summed E-state index contributed by atoms with van der Waals surface area (Å²) in [6, 6.07) is 43.3. The van der Waals surface area contributed by atoms with E-state index in [4.69, 9.17) is 4.74 Å². The number of carbonyl (C=O) groups excluding carboxylic acids is 1. The molecule has 1 heterocycles. The number of aliphatic hydroxyl groups excluding tert-OH is 1. The van der Waals surface area contributed by atoms with Gasteiger partial charge in [-0.25, -0.2) is 0 Å². The van der Waals surface area contributed by atoms with Gasteiger partial charge in [-0.2, -0.15) is 0 Å². The van der Waals surface area contributed by atoms with Crippen LogP contribution in [0.5, 0.6) is 11.5 Å². The Morgan fingerprint density at radius 2 is 1.35 bits per heavy atom. The summed E-state index contributed by atoms with van der Waals surface area (Å²) in [6.45, 7) is 0.908. The van der Waals surface area contributed by atoms with Gasteiger partial charge in [0, 0.05) is 24.2 Å². The number of hydrogen-bond donors (Lipinski definition) is 3. The molecule has 0 unspecified atom stereocenters. The highest BCUT2D eigenvalue weighted by Crippen LogP contribution is 2.37. The number of carbonyl (C=O) groups is 1. The Balaban J connectivity index is 1.19. The minimum Gasteiger partial charge on any atom is -0.456 e. The molecule has 3 N–H and O–H groups in total. The Morgan fingerprint density at radius 1 is 0.698 bits per heavy atom. The topological polar surface area (TPSA) is 70.6 Å². The van der Waals surface area contributed by atoms with Gasteiger partial charge < -0.3 is 20.5 Å². The summed E-state index contributed by atoms with van der Waals surface area (Å²) in [5.41, 5.74) is 6.50. The van der Waals surface area contributed by atoms with Crippen molar-refractivity contribution in [1.82, 2.24) is 10.6 Å². The SMILES string of the molecule is O=C(N[C@@H](Cc1ccccc1)[C@@H](O)CNCc1cccc(-c2ccccc2)c1)C1=Cc2ccccc2Oc2ccccc21. The molecule has 1 aliphatic heterocycles. The molecule has 0 saturated heterocycles. The molecule has 5 heteroatoms. The molecular weight excluding hydrogens is 532 g/mol. The summed E-state index contributed by atoms with van der Waals surface area (Å²) >= 11 is 0. The molecule has 0 spiro atoms. The normalized spacial score (nSPS) is 13.4. The van der Waals surface area contributed by atoms with Gasteiger partial charge in [0.05, 0.1) is 17.7 Å². The van der Waals surface area contributed by atoms with Gasteiger partial charge >= 0.3 is 0 Å². The molecule has 0 radical (unpaired) electrons. The smallest absolute Gasteiger partial charge is 0.252 e. The fourth-order valence-corrected chi connectivity index (χ4v) is 5.41. The minimum absolute atomic E-state index is 0.261. The summed E-state index contributed by atoms with van der Waals surface area (Å²) in [4.78, 5) is 13.9. The number of rotatable bonds is 10. The van der Waals surface area contributed by atoms with Gasteiger partial charge in [-0.3, -0.25) is 4.79 Å². The van der Waals surface area contributed by atoms with E-state index in [1.807, 2.05) is 109 Å². The van der Waals surface area contributed by atoms with Gasteiger partial charge in [-0.15, -0.1) is 0 Å². The Hall–Kier alpha value is -4.97. The van der Waals surface area contributed by atoms with Crippen LogP contribution in [0.25, 0.3) is 22.8 Å². The molecule has 0 fully saturated rings. The monoisotopic (exact) mass is 566 g/mol. The number of amides is 1. The van der Waals surface area contributed by atoms with Crippen molar-refractivity contribution in [3.63, 3.8) is 0 Å². The molecule has 0 saturated carbocycles. The average molecular weight is 567 g/mol. The lowest BCUT2D eigenvalue weighted by Crippen LogP contribution is -2.48. The number of aliphatic hydroxyl groups is 1. The van der Waals surface area contributed by atoms with Gasteiger partial charge in [0.25, 0.3) is 5.91 Å². The molecule has 1 aliphatic rings. The second-order valence-electron chi connectivity index (χ2n) is 10.7. The van der Waals surface area contributed by atoms with Crippen LogP contribution in [0.15, 0.2) is 133 Å². The number of para-hydroxylation sites is 2. The molecule has 0 aliphatic carbocycles. The second-order valence-corrected chi connectivity index (χ2v) is 10.7. The Morgan fingerprint density at radius 3 is 2.16 bits per heavy atom. The first-order chi connectivity index (χ1) is 21.1. The highest BCUT2D eigenvalue weighted by molar-refractivity contribution is 6.25. The highest BCUT2D eigenvalue weighted by Gasteiger charge is 2.26. The molecule has 5 aromatic rings. The Kier molecular flexibility index (Phi) is 8.74. The third-order valence-corrected chi connectivity index (χ3v) is 7.66. The predicted molar refractivity (Wildman–Crippen MR) is 172 cm³/mol. The van der Waals surface area contributed by atoms with Gasteiger partial charge in [0.1, 0.15) is 11.5 Å². The van der Waals surface area contributed by atoms with E-state index in [1.165, 1.54) is 0 Å². The summed E-state index contributed by atoms with van der Waals surface area (Å²) in [5, 5.41) is 18.0. The molecule has 6 rings (SSSR count). The standard InChI is InChI=1S/C38H34N2O3/c41-35(26-39-25-28-14-11-18-30(22-28)29-15-5-2-6-16-29)34(23-27-12-3-1-4-13-27)40-38(42)33-24-31-17-7-9-20-36(31)43-37-21-10-8-19-32(33)37/h1-22,24,34-35,39,41H,23,25-26H2,(H,40,42)/t34-,35-/m0/s1. The van der Waals surface area contributed by atoms with E-state index in [9.17, 15) is 9.90 Å². The van der Waals surface area contributed by atoms with Crippen LogP contribution in [0, 0.1) is 0 Å². The zero-order valence-electron chi connectivity index (χ0n) is 23.8. The number of hydrogen-bond acceptors (Lipinski definition) is 4. The van der Waals surface area contributed by atoms with E-state index in [-0.39, 0.29) is 5.91 Å². The van der Waals surface area contributed by atoms with Crippen molar-refractivity contribution in [2.75, 3.05) is 6.54 Å². The van der Waals surface area contributed by atoms with Crippen LogP contribution in [0.4, 0.5) is 0 Å². The van der Waals surface area contributed by atoms with Crippen molar-refractivity contribution in [3.8, 4) is 22.6 Å².